The summed E-state index contributed by atoms with van der Waals surface area (Å²) >= 11 is 37.3. The Labute approximate surface area is 297 Å². The van der Waals surface area contributed by atoms with Crippen LogP contribution in [0.15, 0.2) is 12.1 Å². The molecule has 4 atom stereocenters. The fraction of sp³-hybridized carbons (Fsp3) is 0.500. The number of carbonyl (C=O) groups excluding carboxylic acids is 4. The van der Waals surface area contributed by atoms with Gasteiger partial charge in [0.2, 0.25) is 0 Å². The average molecular weight is 757 g/mol. The second-order valence-corrected chi connectivity index (χ2v) is 14.5. The van der Waals surface area contributed by atoms with Crippen molar-refractivity contribution < 1.29 is 38.1 Å². The lowest BCUT2D eigenvalue weighted by Gasteiger charge is -2.16. The predicted octanol–water partition coefficient (Wildman–Crippen LogP) is 10.1. The highest BCUT2D eigenvalue weighted by atomic mass is 35.5. The van der Waals surface area contributed by atoms with Gasteiger partial charge in [-0.1, -0.05) is 110 Å². The predicted molar refractivity (Wildman–Crippen MR) is 177 cm³/mol. The topological polar surface area (TPSA) is 105 Å². The van der Waals surface area contributed by atoms with E-state index in [9.17, 15) is 19.2 Å². The Hall–Kier alpha value is -1.94. The fourth-order valence-electron chi connectivity index (χ4n) is 5.50. The van der Waals surface area contributed by atoms with Crippen LogP contribution in [0.5, 0.6) is 11.5 Å². The van der Waals surface area contributed by atoms with Crippen LogP contribution < -0.4 is 9.47 Å². The summed E-state index contributed by atoms with van der Waals surface area (Å²) in [4.78, 5) is 52.0. The molecule has 2 aliphatic carbocycles. The van der Waals surface area contributed by atoms with Crippen LogP contribution in [0.1, 0.15) is 86.9 Å². The van der Waals surface area contributed by atoms with Crippen molar-refractivity contribution in [1.29, 1.82) is 0 Å². The molecule has 2 saturated carbocycles. The van der Waals surface area contributed by atoms with Crippen molar-refractivity contribution in [3.05, 3.63) is 53.4 Å². The first kappa shape index (κ1) is 36.9. The lowest BCUT2D eigenvalue weighted by atomic mass is 10.0. The van der Waals surface area contributed by atoms with Crippen molar-refractivity contribution in [3.8, 4) is 11.5 Å². The third kappa shape index (κ3) is 8.01. The number of ether oxygens (including phenoxy) is 4. The first-order valence-corrected chi connectivity index (χ1v) is 17.0. The van der Waals surface area contributed by atoms with Crippen LogP contribution in [0.2, 0.25) is 30.1 Å². The van der Waals surface area contributed by atoms with Gasteiger partial charge in [-0.3, -0.25) is 0 Å². The molecule has 4 rings (SSSR count). The Kier molecular flexibility index (Phi) is 11.8. The molecule has 4 unspecified atom stereocenters. The van der Waals surface area contributed by atoms with E-state index in [0.717, 1.165) is 37.8 Å². The van der Waals surface area contributed by atoms with Gasteiger partial charge in [-0.25, -0.2) is 19.2 Å². The lowest BCUT2D eigenvalue weighted by Crippen LogP contribution is -2.27. The molecule has 8 nitrogen and oxygen atoms in total. The van der Waals surface area contributed by atoms with Crippen molar-refractivity contribution >= 4 is 93.5 Å². The van der Waals surface area contributed by atoms with Crippen molar-refractivity contribution in [3.63, 3.8) is 0 Å². The van der Waals surface area contributed by atoms with Crippen LogP contribution in [0.3, 0.4) is 0 Å². The molecule has 0 saturated heterocycles. The van der Waals surface area contributed by atoms with Gasteiger partial charge in [0.25, 0.3) is 0 Å². The minimum atomic E-state index is -1.64. The van der Waals surface area contributed by atoms with Crippen molar-refractivity contribution in [2.75, 3.05) is 13.2 Å². The first-order chi connectivity index (χ1) is 21.6. The highest BCUT2D eigenvalue weighted by molar-refractivity contribution is 6.47. The molecule has 46 heavy (non-hydrogen) atoms. The second kappa shape index (κ2) is 14.7. The molecule has 0 N–H and O–H groups in total. The summed E-state index contributed by atoms with van der Waals surface area (Å²) < 4.78 is 21.1. The quantitative estimate of drug-likeness (QED) is 0.0912. The molecule has 14 heteroatoms. The summed E-state index contributed by atoms with van der Waals surface area (Å²) in [6, 6.07) is 2.25. The summed E-state index contributed by atoms with van der Waals surface area (Å²) in [5.41, 5.74) is -0.487. The molecule has 0 aliphatic heterocycles. The zero-order chi connectivity index (χ0) is 34.1. The van der Waals surface area contributed by atoms with Gasteiger partial charge in [-0.05, 0) is 60.5 Å². The van der Waals surface area contributed by atoms with Gasteiger partial charge in [-0.2, -0.15) is 0 Å². The Balaban J connectivity index is 1.49. The monoisotopic (exact) mass is 754 g/mol. The van der Waals surface area contributed by atoms with E-state index >= 15 is 0 Å². The Bertz CT molecular complexity index is 1460. The molecule has 250 valence electrons. The van der Waals surface area contributed by atoms with Crippen LogP contribution in [0.25, 0.3) is 0 Å². The number of hydrogen-bond donors (Lipinski definition) is 0. The number of benzene rings is 2. The molecule has 0 aromatic heterocycles. The van der Waals surface area contributed by atoms with Gasteiger partial charge in [0.05, 0.1) is 43.3 Å². The van der Waals surface area contributed by atoms with E-state index in [1.807, 2.05) is 0 Å². The number of hydrogen-bond acceptors (Lipinski definition) is 8. The van der Waals surface area contributed by atoms with Crippen molar-refractivity contribution in [2.24, 2.45) is 22.7 Å². The zero-order valence-corrected chi connectivity index (χ0v) is 30.0. The molecule has 2 aromatic rings. The number of halogens is 6. The van der Waals surface area contributed by atoms with Gasteiger partial charge in [-0.15, -0.1) is 0 Å². The maximum Gasteiger partial charge on any atom is 0.423 e. The van der Waals surface area contributed by atoms with E-state index < -0.39 is 46.5 Å². The van der Waals surface area contributed by atoms with Gasteiger partial charge >= 0.3 is 23.9 Å². The Morgan fingerprint density at radius 3 is 1.30 bits per heavy atom. The van der Waals surface area contributed by atoms with E-state index in [-0.39, 0.29) is 54.2 Å². The molecule has 0 bridgehead atoms. The molecular formula is C32H32Cl6O8. The Morgan fingerprint density at radius 2 is 1.00 bits per heavy atom. The van der Waals surface area contributed by atoms with Crippen LogP contribution in [0.4, 0.5) is 0 Å². The largest absolute Gasteiger partial charge is 0.462 e. The van der Waals surface area contributed by atoms with Gasteiger partial charge in [0, 0.05) is 0 Å². The summed E-state index contributed by atoms with van der Waals surface area (Å²) in [6.45, 7) is 8.68. The normalized spacial score (nSPS) is 23.0. The van der Waals surface area contributed by atoms with Crippen LogP contribution in [0, 0.1) is 22.7 Å². The summed E-state index contributed by atoms with van der Waals surface area (Å²) in [7, 11) is 0. The average Bonchev–Trinajstić information content (AvgIpc) is 3.88. The summed E-state index contributed by atoms with van der Waals surface area (Å²) in [5, 5.41) is -1.47. The SMILES string of the molecule is CCC1(C)CC1CCOC(=O)c1c(Cl)c(Cl)cc(Cl)c1OC(=O)C(=O)Oc1c(Cl)cc(Cl)c(Cl)c1C(=O)OCCC1CC1(C)CC. The maximum absolute atomic E-state index is 13.1. The molecule has 0 heterocycles. The maximum atomic E-state index is 13.1. The van der Waals surface area contributed by atoms with Crippen LogP contribution in [-0.4, -0.2) is 37.1 Å². The lowest BCUT2D eigenvalue weighted by molar-refractivity contribution is -0.156. The summed E-state index contributed by atoms with van der Waals surface area (Å²) in [6.07, 6.45) is 5.31. The van der Waals surface area contributed by atoms with Gasteiger partial charge in [0.1, 0.15) is 11.1 Å². The smallest absolute Gasteiger partial charge is 0.423 e. The molecule has 2 fully saturated rings. The minimum absolute atomic E-state index is 0.0717. The highest BCUT2D eigenvalue weighted by Crippen LogP contribution is 2.57. The highest BCUT2D eigenvalue weighted by Gasteiger charge is 2.48. The zero-order valence-electron chi connectivity index (χ0n) is 25.5. The van der Waals surface area contributed by atoms with Crippen molar-refractivity contribution in [2.45, 2.75) is 66.2 Å². The first-order valence-electron chi connectivity index (χ1n) is 14.7. The van der Waals surface area contributed by atoms with E-state index in [2.05, 4.69) is 27.7 Å². The molecular weight excluding hydrogens is 725 g/mol. The molecule has 0 amide bonds. The van der Waals surface area contributed by atoms with E-state index in [1.54, 1.807) is 0 Å². The van der Waals surface area contributed by atoms with E-state index in [0.29, 0.717) is 24.7 Å². The summed E-state index contributed by atoms with van der Waals surface area (Å²) in [5.74, 6) is -5.55. The van der Waals surface area contributed by atoms with E-state index in [4.69, 9.17) is 88.6 Å². The third-order valence-electron chi connectivity index (χ3n) is 9.31. The van der Waals surface area contributed by atoms with Crippen LogP contribution in [-0.2, 0) is 19.1 Å². The Morgan fingerprint density at radius 1 is 0.652 bits per heavy atom. The molecule has 2 aliphatic rings. The molecule has 0 spiro atoms. The van der Waals surface area contributed by atoms with E-state index in [1.165, 1.54) is 0 Å². The molecule has 2 aromatic carbocycles. The molecule has 0 radical (unpaired) electrons. The fourth-order valence-corrected chi connectivity index (χ4v) is 6.94. The second-order valence-electron chi connectivity index (χ2n) is 12.2. The number of esters is 4. The van der Waals surface area contributed by atoms with Crippen LogP contribution >= 0.6 is 69.6 Å². The number of carbonyl (C=O) groups is 4. The third-order valence-corrected chi connectivity index (χ3v) is 11.4. The van der Waals surface area contributed by atoms with Gasteiger partial charge in [0.15, 0.2) is 11.5 Å². The van der Waals surface area contributed by atoms with Crippen molar-refractivity contribution in [1.82, 2.24) is 0 Å². The number of rotatable bonds is 12. The van der Waals surface area contributed by atoms with Gasteiger partial charge < -0.3 is 18.9 Å². The standard InChI is InChI=1S/C32H32Cl6O8/c1-5-31(3)13-15(31)7-9-43-27(39)21-23(37)17(33)11-19(35)25(21)45-29(41)30(42)46-26-20(36)12-18(34)24(38)22(26)28(40)44-10-8-16-14-32(16,4)6-2/h11-12,15-16H,5-10,13-14H2,1-4H3. The minimum Gasteiger partial charge on any atom is -0.462 e.